The number of hydrogen-bond acceptors (Lipinski definition) is 3. The molecule has 1 atom stereocenters. The number of rotatable bonds is 2. The first kappa shape index (κ1) is 18.6. The minimum absolute atomic E-state index is 0.0120. The van der Waals surface area contributed by atoms with Gasteiger partial charge in [0.05, 0.1) is 0 Å². The topological polar surface area (TPSA) is 58.4 Å². The van der Waals surface area contributed by atoms with Gasteiger partial charge in [0, 0.05) is 43.9 Å². The summed E-state index contributed by atoms with van der Waals surface area (Å²) in [6, 6.07) is 6.96. The lowest BCUT2D eigenvalue weighted by molar-refractivity contribution is -0.147. The molecule has 0 saturated heterocycles. The molecule has 148 valence electrons. The zero-order valence-corrected chi connectivity index (χ0v) is 15.1. The molecule has 0 spiro atoms. The lowest BCUT2D eigenvalue weighted by Crippen LogP contribution is -2.41. The third kappa shape index (κ3) is 3.50. The van der Waals surface area contributed by atoms with Gasteiger partial charge in [-0.3, -0.25) is 4.79 Å². The summed E-state index contributed by atoms with van der Waals surface area (Å²) in [5, 5.41) is 9.39. The molecule has 0 aliphatic carbocycles. The van der Waals surface area contributed by atoms with Gasteiger partial charge in [-0.15, -0.1) is 0 Å². The SMILES string of the molecule is O=C([C@H]1CCn2c(cnc2C(F)(F)F)C1)N1CC=C(c2ccc(O)cc2)CC1. The lowest BCUT2D eigenvalue weighted by atomic mass is 9.93. The average molecular weight is 391 g/mol. The van der Waals surface area contributed by atoms with Gasteiger partial charge < -0.3 is 14.6 Å². The molecule has 5 nitrogen and oxygen atoms in total. The molecule has 4 rings (SSSR count). The van der Waals surface area contributed by atoms with E-state index in [9.17, 15) is 23.1 Å². The number of aromatic nitrogens is 2. The number of aromatic hydroxyl groups is 1. The van der Waals surface area contributed by atoms with Crippen molar-refractivity contribution >= 4 is 11.5 Å². The Bertz CT molecular complexity index is 916. The maximum atomic E-state index is 13.0. The molecule has 2 aromatic rings. The Morgan fingerprint density at radius 3 is 2.57 bits per heavy atom. The molecule has 0 fully saturated rings. The molecule has 1 aromatic carbocycles. The first-order valence-corrected chi connectivity index (χ1v) is 9.22. The summed E-state index contributed by atoms with van der Waals surface area (Å²) in [7, 11) is 0. The molecule has 2 aliphatic heterocycles. The Balaban J connectivity index is 1.42. The second-order valence-corrected chi connectivity index (χ2v) is 7.22. The van der Waals surface area contributed by atoms with Gasteiger partial charge >= 0.3 is 6.18 Å². The zero-order valence-electron chi connectivity index (χ0n) is 15.1. The van der Waals surface area contributed by atoms with Crippen molar-refractivity contribution in [3.8, 4) is 5.75 Å². The molecule has 28 heavy (non-hydrogen) atoms. The van der Waals surface area contributed by atoms with Crippen LogP contribution in [0.1, 0.15) is 29.9 Å². The average Bonchev–Trinajstić information content (AvgIpc) is 3.12. The van der Waals surface area contributed by atoms with Crippen molar-refractivity contribution < 1.29 is 23.1 Å². The monoisotopic (exact) mass is 391 g/mol. The molecular weight excluding hydrogens is 371 g/mol. The number of phenols is 1. The van der Waals surface area contributed by atoms with Crippen molar-refractivity contribution in [2.75, 3.05) is 13.1 Å². The summed E-state index contributed by atoms with van der Waals surface area (Å²) in [6.45, 7) is 1.22. The van der Waals surface area contributed by atoms with Crippen molar-refractivity contribution in [2.24, 2.45) is 5.92 Å². The molecular formula is C20H20F3N3O2. The molecule has 3 heterocycles. The fourth-order valence-corrected chi connectivity index (χ4v) is 3.97. The number of phenolic OH excluding ortho intramolecular Hbond substituents is 1. The van der Waals surface area contributed by atoms with Crippen LogP contribution in [0.4, 0.5) is 13.2 Å². The number of fused-ring (bicyclic) bond motifs is 1. The van der Waals surface area contributed by atoms with Crippen molar-refractivity contribution in [3.63, 3.8) is 0 Å². The number of imidazole rings is 1. The van der Waals surface area contributed by atoms with Crippen LogP contribution in [0.2, 0.25) is 0 Å². The fraction of sp³-hybridized carbons (Fsp3) is 0.400. The molecule has 1 amide bonds. The lowest BCUT2D eigenvalue weighted by Gasteiger charge is -2.32. The Kier molecular flexibility index (Phi) is 4.64. The summed E-state index contributed by atoms with van der Waals surface area (Å²) in [4.78, 5) is 18.1. The van der Waals surface area contributed by atoms with Crippen molar-refractivity contribution in [3.05, 3.63) is 53.6 Å². The van der Waals surface area contributed by atoms with E-state index in [1.807, 2.05) is 18.2 Å². The summed E-state index contributed by atoms with van der Waals surface area (Å²) in [5.74, 6) is -0.994. The van der Waals surface area contributed by atoms with Crippen molar-refractivity contribution in [1.82, 2.24) is 14.5 Å². The molecule has 1 aromatic heterocycles. The van der Waals surface area contributed by atoms with E-state index in [2.05, 4.69) is 4.98 Å². The highest BCUT2D eigenvalue weighted by atomic mass is 19.4. The quantitative estimate of drug-likeness (QED) is 0.853. The van der Waals surface area contributed by atoms with Gasteiger partial charge in [0.2, 0.25) is 11.7 Å². The van der Waals surface area contributed by atoms with E-state index in [0.29, 0.717) is 31.6 Å². The number of carbonyl (C=O) groups is 1. The number of benzene rings is 1. The molecule has 1 N–H and O–H groups in total. The summed E-state index contributed by atoms with van der Waals surface area (Å²) in [5.41, 5.74) is 2.61. The van der Waals surface area contributed by atoms with Crippen LogP contribution in [0.15, 0.2) is 36.5 Å². The predicted molar refractivity (Wildman–Crippen MR) is 96.3 cm³/mol. The highest BCUT2D eigenvalue weighted by Crippen LogP contribution is 2.33. The Morgan fingerprint density at radius 1 is 1.18 bits per heavy atom. The largest absolute Gasteiger partial charge is 0.508 e. The van der Waals surface area contributed by atoms with Gasteiger partial charge in [-0.2, -0.15) is 13.2 Å². The third-order valence-corrected chi connectivity index (χ3v) is 5.46. The molecule has 0 bridgehead atoms. The molecule has 0 unspecified atom stereocenters. The highest BCUT2D eigenvalue weighted by molar-refractivity contribution is 5.81. The second-order valence-electron chi connectivity index (χ2n) is 7.22. The summed E-state index contributed by atoms with van der Waals surface area (Å²) >= 11 is 0. The van der Waals surface area contributed by atoms with Crippen LogP contribution in [-0.2, 0) is 23.9 Å². The number of amides is 1. The van der Waals surface area contributed by atoms with E-state index in [4.69, 9.17) is 0 Å². The first-order valence-electron chi connectivity index (χ1n) is 9.22. The normalized spacial score (nSPS) is 19.9. The van der Waals surface area contributed by atoms with Crippen LogP contribution in [0.25, 0.3) is 5.57 Å². The highest BCUT2D eigenvalue weighted by Gasteiger charge is 2.39. The summed E-state index contributed by atoms with van der Waals surface area (Å²) in [6.07, 6.45) is 0.143. The standard InChI is InChI=1S/C20H20F3N3O2/c21-20(22,23)19-24-12-16-11-15(7-10-26(16)19)18(28)25-8-5-14(6-9-25)13-1-3-17(27)4-2-13/h1-5,12,15,27H,6-11H2/t15-/m0/s1. The van der Waals surface area contributed by atoms with Crippen LogP contribution in [0, 0.1) is 5.92 Å². The van der Waals surface area contributed by atoms with E-state index < -0.39 is 12.0 Å². The number of hydrogen-bond donors (Lipinski definition) is 1. The number of halogens is 3. The first-order chi connectivity index (χ1) is 13.3. The number of carbonyl (C=O) groups excluding carboxylic acids is 1. The van der Waals surface area contributed by atoms with Gasteiger partial charge in [0.15, 0.2) is 0 Å². The minimum atomic E-state index is -4.47. The molecule has 2 aliphatic rings. The Morgan fingerprint density at radius 2 is 1.93 bits per heavy atom. The summed E-state index contributed by atoms with van der Waals surface area (Å²) < 4.78 is 40.1. The van der Waals surface area contributed by atoms with Gasteiger partial charge in [0.1, 0.15) is 5.75 Å². The van der Waals surface area contributed by atoms with E-state index >= 15 is 0 Å². The van der Waals surface area contributed by atoms with E-state index in [-0.39, 0.29) is 30.5 Å². The van der Waals surface area contributed by atoms with Crippen molar-refractivity contribution in [1.29, 1.82) is 0 Å². The predicted octanol–water partition coefficient (Wildman–Crippen LogP) is 3.49. The molecule has 0 saturated carbocycles. The van der Waals surface area contributed by atoms with E-state index in [0.717, 1.165) is 11.1 Å². The maximum absolute atomic E-state index is 13.0. The van der Waals surface area contributed by atoms with E-state index in [1.54, 1.807) is 17.0 Å². The van der Waals surface area contributed by atoms with Crippen LogP contribution < -0.4 is 0 Å². The Labute approximate surface area is 160 Å². The van der Waals surface area contributed by atoms with Gasteiger partial charge in [-0.25, -0.2) is 4.98 Å². The molecule has 0 radical (unpaired) electrons. The Hall–Kier alpha value is -2.77. The maximum Gasteiger partial charge on any atom is 0.449 e. The second kappa shape index (κ2) is 7.00. The van der Waals surface area contributed by atoms with Gasteiger partial charge in [-0.05, 0) is 36.1 Å². The van der Waals surface area contributed by atoms with Crippen LogP contribution in [-0.4, -0.2) is 38.6 Å². The van der Waals surface area contributed by atoms with Crippen LogP contribution in [0.3, 0.4) is 0 Å². The zero-order chi connectivity index (χ0) is 19.9. The minimum Gasteiger partial charge on any atom is -0.508 e. The van der Waals surface area contributed by atoms with Crippen LogP contribution >= 0.6 is 0 Å². The van der Waals surface area contributed by atoms with E-state index in [1.165, 1.54) is 10.8 Å². The molecule has 8 heteroatoms. The van der Waals surface area contributed by atoms with Crippen molar-refractivity contribution in [2.45, 2.75) is 32.0 Å². The van der Waals surface area contributed by atoms with Crippen LogP contribution in [0.5, 0.6) is 5.75 Å². The number of alkyl halides is 3. The third-order valence-electron chi connectivity index (χ3n) is 5.46. The number of nitrogens with zero attached hydrogens (tertiary/aromatic N) is 3. The smallest absolute Gasteiger partial charge is 0.449 e. The fourth-order valence-electron chi connectivity index (χ4n) is 3.97. The van der Waals surface area contributed by atoms with Gasteiger partial charge in [-0.1, -0.05) is 18.2 Å². The van der Waals surface area contributed by atoms with Gasteiger partial charge in [0.25, 0.3) is 0 Å².